The lowest BCUT2D eigenvalue weighted by Crippen LogP contribution is -2.42. The summed E-state index contributed by atoms with van der Waals surface area (Å²) < 4.78 is 6.51. The predicted molar refractivity (Wildman–Crippen MR) is 86.8 cm³/mol. The maximum absolute atomic E-state index is 6.51. The van der Waals surface area contributed by atoms with Gasteiger partial charge in [-0.3, -0.25) is 0 Å². The maximum atomic E-state index is 6.51. The van der Waals surface area contributed by atoms with Crippen molar-refractivity contribution in [1.29, 1.82) is 0 Å². The molecule has 19 heavy (non-hydrogen) atoms. The molecule has 0 saturated heterocycles. The van der Waals surface area contributed by atoms with Gasteiger partial charge in [-0.15, -0.1) is 0 Å². The highest BCUT2D eigenvalue weighted by Gasteiger charge is 2.39. The van der Waals surface area contributed by atoms with E-state index in [1.807, 2.05) is 18.2 Å². The number of hydrogen-bond acceptors (Lipinski definition) is 1. The molecule has 0 N–H and O–H groups in total. The van der Waals surface area contributed by atoms with Gasteiger partial charge >= 0.3 is 0 Å². The molecule has 2 heteroatoms. The van der Waals surface area contributed by atoms with Crippen LogP contribution < -0.4 is 0 Å². The van der Waals surface area contributed by atoms with Crippen molar-refractivity contribution in [2.75, 3.05) is 0 Å². The highest BCUT2D eigenvalue weighted by atomic mass is 28.4. The second-order valence-corrected chi connectivity index (χ2v) is 11.2. The molecule has 0 fully saturated rings. The van der Waals surface area contributed by atoms with Gasteiger partial charge in [0.25, 0.3) is 0 Å². The number of hydrogen-bond donors (Lipinski definition) is 0. The lowest BCUT2D eigenvalue weighted by molar-refractivity contribution is 0.222. The van der Waals surface area contributed by atoms with Gasteiger partial charge in [-0.25, -0.2) is 0 Å². The van der Waals surface area contributed by atoms with Crippen LogP contribution in [-0.4, -0.2) is 8.32 Å². The summed E-state index contributed by atoms with van der Waals surface area (Å²) in [5.74, 6) is 0. The van der Waals surface area contributed by atoms with Crippen LogP contribution in [0.2, 0.25) is 18.1 Å². The fourth-order valence-electron chi connectivity index (χ4n) is 1.56. The molecule has 0 amide bonds. The fraction of sp³-hybridized carbons (Fsp3) is 0.412. The van der Waals surface area contributed by atoms with E-state index in [0.717, 1.165) is 11.1 Å². The molecular formula is C17H26OSi. The number of benzene rings is 1. The molecule has 0 saturated carbocycles. The summed E-state index contributed by atoms with van der Waals surface area (Å²) in [4.78, 5) is 0. The minimum absolute atomic E-state index is 0.0837. The van der Waals surface area contributed by atoms with Gasteiger partial charge in [0.05, 0.1) is 6.10 Å². The van der Waals surface area contributed by atoms with Gasteiger partial charge in [-0.2, -0.15) is 0 Å². The Kier molecular flexibility index (Phi) is 4.94. The Hall–Kier alpha value is -1.12. The Balaban J connectivity index is 3.08. The highest BCUT2D eigenvalue weighted by Crippen LogP contribution is 2.41. The van der Waals surface area contributed by atoms with Crippen LogP contribution in [0.15, 0.2) is 55.1 Å². The van der Waals surface area contributed by atoms with Crippen molar-refractivity contribution in [1.82, 2.24) is 0 Å². The molecule has 104 valence electrons. The van der Waals surface area contributed by atoms with Crippen LogP contribution >= 0.6 is 0 Å². The van der Waals surface area contributed by atoms with Crippen LogP contribution in [0.1, 0.15) is 32.4 Å². The van der Waals surface area contributed by atoms with Crippen LogP contribution in [0.3, 0.4) is 0 Å². The summed E-state index contributed by atoms with van der Waals surface area (Å²) in [6, 6.07) is 10.3. The first-order chi connectivity index (χ1) is 8.69. The zero-order valence-corrected chi connectivity index (χ0v) is 13.9. The van der Waals surface area contributed by atoms with Crippen molar-refractivity contribution >= 4 is 8.32 Å². The molecule has 0 heterocycles. The highest BCUT2D eigenvalue weighted by molar-refractivity contribution is 6.74. The third kappa shape index (κ3) is 3.92. The van der Waals surface area contributed by atoms with E-state index in [4.69, 9.17) is 4.43 Å². The Morgan fingerprint density at radius 3 is 2.16 bits per heavy atom. The van der Waals surface area contributed by atoms with Gasteiger partial charge in [-0.1, -0.05) is 70.3 Å². The van der Waals surface area contributed by atoms with Crippen LogP contribution in [0.25, 0.3) is 0 Å². The zero-order chi connectivity index (χ0) is 14.7. The fourth-order valence-corrected chi connectivity index (χ4v) is 2.79. The molecule has 1 atom stereocenters. The molecule has 1 rings (SSSR count). The van der Waals surface area contributed by atoms with Crippen molar-refractivity contribution in [2.24, 2.45) is 0 Å². The summed E-state index contributed by atoms with van der Waals surface area (Å²) in [6.07, 6.45) is 1.71. The summed E-state index contributed by atoms with van der Waals surface area (Å²) in [6.45, 7) is 19.2. The molecule has 0 radical (unpaired) electrons. The quantitative estimate of drug-likeness (QED) is 0.509. The van der Waals surface area contributed by atoms with E-state index < -0.39 is 8.32 Å². The molecule has 0 aliphatic heterocycles. The van der Waals surface area contributed by atoms with Crippen molar-refractivity contribution < 1.29 is 4.43 Å². The number of rotatable bonds is 5. The van der Waals surface area contributed by atoms with Crippen LogP contribution in [0.4, 0.5) is 0 Å². The molecule has 0 aliphatic rings. The molecule has 1 nitrogen and oxygen atoms in total. The zero-order valence-electron chi connectivity index (χ0n) is 12.9. The van der Waals surface area contributed by atoms with Crippen molar-refractivity contribution in [2.45, 2.75) is 45.0 Å². The second kappa shape index (κ2) is 5.89. The van der Waals surface area contributed by atoms with Gasteiger partial charge in [-0.05, 0) is 29.3 Å². The summed E-state index contributed by atoms with van der Waals surface area (Å²) in [5.41, 5.74) is 2.08. The first kappa shape index (κ1) is 15.9. The van der Waals surface area contributed by atoms with E-state index in [1.165, 1.54) is 0 Å². The molecule has 1 aromatic carbocycles. The smallest absolute Gasteiger partial charge is 0.193 e. The predicted octanol–water partition coefficient (Wildman–Crippen LogP) is 5.49. The van der Waals surface area contributed by atoms with Crippen LogP contribution in [0.5, 0.6) is 0 Å². The molecule has 0 bridgehead atoms. The maximum Gasteiger partial charge on any atom is 0.193 e. The Labute approximate surface area is 119 Å². The van der Waals surface area contributed by atoms with Gasteiger partial charge in [0.15, 0.2) is 8.32 Å². The monoisotopic (exact) mass is 274 g/mol. The van der Waals surface area contributed by atoms with Gasteiger partial charge in [0.1, 0.15) is 0 Å². The van der Waals surface area contributed by atoms with E-state index in [-0.39, 0.29) is 11.1 Å². The molecule has 0 aromatic heterocycles. The first-order valence-electron chi connectivity index (χ1n) is 6.73. The van der Waals surface area contributed by atoms with E-state index in [2.05, 4.69) is 59.2 Å². The van der Waals surface area contributed by atoms with E-state index in [1.54, 1.807) is 6.08 Å². The topological polar surface area (TPSA) is 9.23 Å². The third-order valence-electron chi connectivity index (χ3n) is 3.92. The minimum Gasteiger partial charge on any atom is -0.406 e. The average Bonchev–Trinajstić information content (AvgIpc) is 2.35. The van der Waals surface area contributed by atoms with Crippen molar-refractivity contribution in [3.05, 3.63) is 60.7 Å². The molecule has 1 aromatic rings. The SMILES string of the molecule is C=CC(=C)C(O[Si](C)(C)C(C)(C)C)c1ccccc1. The van der Waals surface area contributed by atoms with Crippen LogP contribution in [-0.2, 0) is 4.43 Å². The van der Waals surface area contributed by atoms with Crippen molar-refractivity contribution in [3.63, 3.8) is 0 Å². The second-order valence-electron chi connectivity index (χ2n) is 6.45. The average molecular weight is 274 g/mol. The van der Waals surface area contributed by atoms with Crippen LogP contribution in [0, 0.1) is 0 Å². The first-order valence-corrected chi connectivity index (χ1v) is 9.64. The van der Waals surface area contributed by atoms with E-state index in [0.29, 0.717) is 0 Å². The summed E-state index contributed by atoms with van der Waals surface area (Å²) >= 11 is 0. The van der Waals surface area contributed by atoms with E-state index in [9.17, 15) is 0 Å². The lowest BCUT2D eigenvalue weighted by Gasteiger charge is -2.39. The van der Waals surface area contributed by atoms with E-state index >= 15 is 0 Å². The largest absolute Gasteiger partial charge is 0.406 e. The summed E-state index contributed by atoms with van der Waals surface area (Å²) in [7, 11) is -1.84. The normalized spacial score (nSPS) is 13.9. The van der Waals surface area contributed by atoms with Gasteiger partial charge < -0.3 is 4.43 Å². The molecular weight excluding hydrogens is 248 g/mol. The molecule has 1 unspecified atom stereocenters. The van der Waals surface area contributed by atoms with Gasteiger partial charge in [0.2, 0.25) is 0 Å². The Bertz CT molecular complexity index is 440. The van der Waals surface area contributed by atoms with Gasteiger partial charge in [0, 0.05) is 0 Å². The lowest BCUT2D eigenvalue weighted by atomic mass is 10.0. The third-order valence-corrected chi connectivity index (χ3v) is 8.36. The molecule has 0 spiro atoms. The Morgan fingerprint density at radius 1 is 1.21 bits per heavy atom. The standard InChI is InChI=1S/C17H26OSi/c1-8-14(2)16(15-12-10-9-11-13-15)18-19(6,7)17(3,4)5/h8-13,16H,1-2H2,3-7H3. The Morgan fingerprint density at radius 2 is 1.74 bits per heavy atom. The molecule has 0 aliphatic carbocycles. The summed E-state index contributed by atoms with van der Waals surface area (Å²) in [5, 5.41) is 0.182. The minimum atomic E-state index is -1.84. The van der Waals surface area contributed by atoms with Crippen molar-refractivity contribution in [3.8, 4) is 0 Å².